The van der Waals surface area contributed by atoms with Crippen molar-refractivity contribution in [2.24, 2.45) is 0 Å². The van der Waals surface area contributed by atoms with Gasteiger partial charge in [0.25, 0.3) is 0 Å². The lowest BCUT2D eigenvalue weighted by Gasteiger charge is -2.26. The van der Waals surface area contributed by atoms with Crippen molar-refractivity contribution in [3.8, 4) is 55.6 Å². The quantitative estimate of drug-likeness (QED) is 0.119. The molecule has 0 aliphatic heterocycles. The van der Waals surface area contributed by atoms with E-state index in [1.807, 2.05) is 0 Å². The molecule has 384 valence electrons. The second-order valence-electron chi connectivity index (χ2n) is 21.1. The van der Waals surface area contributed by atoms with Gasteiger partial charge in [-0.1, -0.05) is 231 Å². The molecule has 0 aromatic heterocycles. The molecule has 0 heterocycles. The van der Waals surface area contributed by atoms with Crippen molar-refractivity contribution in [1.29, 1.82) is 0 Å². The molecule has 0 bridgehead atoms. The number of hydrogen-bond donors (Lipinski definition) is 0. The molecule has 0 saturated heterocycles. The van der Waals surface area contributed by atoms with Crippen LogP contribution < -0.4 is 9.80 Å². The van der Waals surface area contributed by atoms with Crippen molar-refractivity contribution in [1.82, 2.24) is 0 Å². The van der Waals surface area contributed by atoms with E-state index in [0.717, 1.165) is 50.8 Å². The first-order valence-corrected chi connectivity index (χ1v) is 28.2. The SMILES string of the molecule is c1ccc(-c2ccc3c(c2)c2cc(-c4cc5ccccc5c5ccccc45)ccc2c2c(-c4ccc(N(c5ccccc5)c5ccccc5)cc4)c(-c4ccccc4)cc(-c4ccc(N(c5ccccc5)c5ccccc5)cc4)c32)cc1. The Balaban J connectivity index is 1.04. The normalized spacial score (nSPS) is 11.4. The van der Waals surface area contributed by atoms with Gasteiger partial charge in [-0.25, -0.2) is 0 Å². The summed E-state index contributed by atoms with van der Waals surface area (Å²) >= 11 is 0. The number of para-hydroxylation sites is 4. The topological polar surface area (TPSA) is 6.48 Å². The zero-order chi connectivity index (χ0) is 54.3. The fourth-order valence-electron chi connectivity index (χ4n) is 12.6. The fourth-order valence-corrected chi connectivity index (χ4v) is 12.6. The summed E-state index contributed by atoms with van der Waals surface area (Å²) in [6.45, 7) is 0. The highest BCUT2D eigenvalue weighted by atomic mass is 15.1. The molecule has 0 atom stereocenters. The zero-order valence-corrected chi connectivity index (χ0v) is 45.1. The molecule has 0 spiro atoms. The second kappa shape index (κ2) is 20.8. The van der Waals surface area contributed by atoms with Crippen LogP contribution in [-0.4, -0.2) is 0 Å². The van der Waals surface area contributed by atoms with Gasteiger partial charge >= 0.3 is 0 Å². The van der Waals surface area contributed by atoms with Crippen LogP contribution in [0.5, 0.6) is 0 Å². The summed E-state index contributed by atoms with van der Waals surface area (Å²) in [5.74, 6) is 0. The van der Waals surface area contributed by atoms with Gasteiger partial charge in [0.2, 0.25) is 0 Å². The van der Waals surface area contributed by atoms with Gasteiger partial charge in [-0.2, -0.15) is 0 Å². The molecule has 15 aromatic rings. The molecule has 15 aromatic carbocycles. The van der Waals surface area contributed by atoms with Crippen molar-refractivity contribution in [3.63, 3.8) is 0 Å². The molecule has 0 aliphatic carbocycles. The molecule has 0 N–H and O–H groups in total. The van der Waals surface area contributed by atoms with Crippen LogP contribution in [0.4, 0.5) is 34.1 Å². The summed E-state index contributed by atoms with van der Waals surface area (Å²) in [5.41, 5.74) is 18.3. The Morgan fingerprint density at radius 1 is 0.171 bits per heavy atom. The van der Waals surface area contributed by atoms with Crippen LogP contribution in [-0.2, 0) is 0 Å². The molecule has 0 saturated carbocycles. The molecule has 2 heteroatoms. The van der Waals surface area contributed by atoms with E-state index >= 15 is 0 Å². The third-order valence-corrected chi connectivity index (χ3v) is 16.4. The maximum Gasteiger partial charge on any atom is 0.0462 e. The van der Waals surface area contributed by atoms with E-state index < -0.39 is 0 Å². The van der Waals surface area contributed by atoms with Crippen LogP contribution in [0.2, 0.25) is 0 Å². The molecule has 0 amide bonds. The molecule has 0 radical (unpaired) electrons. The molecule has 82 heavy (non-hydrogen) atoms. The van der Waals surface area contributed by atoms with Crippen LogP contribution in [0.15, 0.2) is 328 Å². The molecule has 0 unspecified atom stereocenters. The first-order valence-electron chi connectivity index (χ1n) is 28.2. The van der Waals surface area contributed by atoms with Crippen molar-refractivity contribution in [2.75, 3.05) is 9.80 Å². The van der Waals surface area contributed by atoms with Crippen LogP contribution in [0, 0.1) is 0 Å². The van der Waals surface area contributed by atoms with E-state index in [0.29, 0.717) is 0 Å². The lowest BCUT2D eigenvalue weighted by atomic mass is 9.80. The highest BCUT2D eigenvalue weighted by Gasteiger charge is 2.24. The average Bonchev–Trinajstić information content (AvgIpc) is 2.01. The van der Waals surface area contributed by atoms with Gasteiger partial charge in [0.05, 0.1) is 0 Å². The Labute approximate surface area is 478 Å². The highest BCUT2D eigenvalue weighted by molar-refractivity contribution is 6.34. The van der Waals surface area contributed by atoms with Crippen molar-refractivity contribution < 1.29 is 0 Å². The van der Waals surface area contributed by atoms with Gasteiger partial charge in [-0.3, -0.25) is 0 Å². The van der Waals surface area contributed by atoms with Crippen molar-refractivity contribution >= 4 is 88.0 Å². The first-order chi connectivity index (χ1) is 40.7. The Kier molecular flexibility index (Phi) is 12.2. The predicted octanol–water partition coefficient (Wildman–Crippen LogP) is 22.7. The van der Waals surface area contributed by atoms with Gasteiger partial charge in [-0.05, 0) is 207 Å². The van der Waals surface area contributed by atoms with Crippen LogP contribution in [0.1, 0.15) is 0 Å². The van der Waals surface area contributed by atoms with Gasteiger partial charge in [-0.15, -0.1) is 0 Å². The smallest absolute Gasteiger partial charge is 0.0462 e. The summed E-state index contributed by atoms with van der Waals surface area (Å²) in [6, 6.07) is 120. The van der Waals surface area contributed by atoms with E-state index in [4.69, 9.17) is 0 Å². The maximum atomic E-state index is 2.48. The van der Waals surface area contributed by atoms with Crippen molar-refractivity contribution in [3.05, 3.63) is 328 Å². The number of benzene rings is 15. The Hall–Kier alpha value is -10.8. The lowest BCUT2D eigenvalue weighted by molar-refractivity contribution is 1.28. The Morgan fingerprint density at radius 3 is 1.09 bits per heavy atom. The molecular formula is C80H54N2. The van der Waals surface area contributed by atoms with E-state index in [-0.39, 0.29) is 0 Å². The monoisotopic (exact) mass is 1040 g/mol. The van der Waals surface area contributed by atoms with Gasteiger partial charge in [0.1, 0.15) is 0 Å². The standard InChI is InChI=1S/C80H54N2/c1-7-23-55(24-8-1)59-43-49-71-76(51-59)77-53-61(73-52-60-27-19-20-36-68(60)69-37-21-22-38-70(69)73)44-50-72(77)80-78(58-41-47-67(48-42-58)82(64-32-15-5-16-33-64)65-34-17-6-18-35-65)74(56-25-9-2-10-26-56)54-75(79(71)80)57-39-45-66(46-40-57)81(62-28-11-3-12-29-62)63-30-13-4-14-31-63/h1-54H. The number of anilines is 6. The molecule has 0 fully saturated rings. The Bertz CT molecular complexity index is 4720. The lowest BCUT2D eigenvalue weighted by Crippen LogP contribution is -2.09. The predicted molar refractivity (Wildman–Crippen MR) is 351 cm³/mol. The summed E-state index contributed by atoms with van der Waals surface area (Å²) in [5, 5.41) is 12.3. The third-order valence-electron chi connectivity index (χ3n) is 16.4. The molecule has 15 rings (SSSR count). The van der Waals surface area contributed by atoms with Crippen LogP contribution in [0.3, 0.4) is 0 Å². The van der Waals surface area contributed by atoms with Crippen LogP contribution in [0.25, 0.3) is 109 Å². The Morgan fingerprint density at radius 2 is 0.549 bits per heavy atom. The maximum absolute atomic E-state index is 2.48. The number of hydrogen-bond acceptors (Lipinski definition) is 2. The largest absolute Gasteiger partial charge is 0.311 e. The van der Waals surface area contributed by atoms with Crippen LogP contribution >= 0.6 is 0 Å². The average molecular weight is 1040 g/mol. The second-order valence-corrected chi connectivity index (χ2v) is 21.1. The molecular weight excluding hydrogens is 989 g/mol. The summed E-state index contributed by atoms with van der Waals surface area (Å²) in [4.78, 5) is 4.68. The number of fused-ring (bicyclic) bond motifs is 9. The van der Waals surface area contributed by atoms with Gasteiger partial charge in [0, 0.05) is 34.1 Å². The summed E-state index contributed by atoms with van der Waals surface area (Å²) < 4.78 is 0. The summed E-state index contributed by atoms with van der Waals surface area (Å²) in [7, 11) is 0. The van der Waals surface area contributed by atoms with E-state index in [9.17, 15) is 0 Å². The van der Waals surface area contributed by atoms with E-state index in [2.05, 4.69) is 337 Å². The fraction of sp³-hybridized carbons (Fsp3) is 0. The first kappa shape index (κ1) is 48.3. The molecule has 2 nitrogen and oxygen atoms in total. The third kappa shape index (κ3) is 8.62. The van der Waals surface area contributed by atoms with Gasteiger partial charge in [0.15, 0.2) is 0 Å². The minimum atomic E-state index is 1.08. The number of rotatable bonds is 11. The minimum absolute atomic E-state index is 1.08. The minimum Gasteiger partial charge on any atom is -0.311 e. The highest BCUT2D eigenvalue weighted by Crippen LogP contribution is 2.51. The van der Waals surface area contributed by atoms with E-state index in [1.54, 1.807) is 0 Å². The molecule has 0 aliphatic rings. The van der Waals surface area contributed by atoms with Crippen molar-refractivity contribution in [2.45, 2.75) is 0 Å². The summed E-state index contributed by atoms with van der Waals surface area (Å²) in [6.07, 6.45) is 0. The van der Waals surface area contributed by atoms with Gasteiger partial charge < -0.3 is 9.80 Å². The number of nitrogens with zero attached hydrogens (tertiary/aromatic N) is 2. The van der Waals surface area contributed by atoms with E-state index in [1.165, 1.54) is 92.8 Å². The zero-order valence-electron chi connectivity index (χ0n) is 45.1.